The molecular weight excluding hydrogens is 228 g/mol. The van der Waals surface area contributed by atoms with Gasteiger partial charge in [0.2, 0.25) is 11.8 Å². The van der Waals surface area contributed by atoms with Crippen LogP contribution < -0.4 is 5.32 Å². The first kappa shape index (κ1) is 12.0. The molecule has 0 aliphatic heterocycles. The van der Waals surface area contributed by atoms with Gasteiger partial charge in [0.25, 0.3) is 0 Å². The Bertz CT molecular complexity index is 407. The highest BCUT2D eigenvalue weighted by Crippen LogP contribution is 2.36. The minimum atomic E-state index is -2.60. The fourth-order valence-electron chi connectivity index (χ4n) is 2.01. The van der Waals surface area contributed by atoms with Gasteiger partial charge < -0.3 is 5.32 Å². The number of rotatable bonds is 2. The highest BCUT2D eigenvalue weighted by molar-refractivity contribution is 5.91. The van der Waals surface area contributed by atoms with Crippen molar-refractivity contribution in [2.75, 3.05) is 5.32 Å². The molecule has 94 valence electrons. The molecule has 4 nitrogen and oxygen atoms in total. The van der Waals surface area contributed by atoms with Crippen molar-refractivity contribution >= 4 is 11.7 Å². The van der Waals surface area contributed by atoms with E-state index >= 15 is 0 Å². The van der Waals surface area contributed by atoms with Crippen LogP contribution in [-0.2, 0) is 4.79 Å². The van der Waals surface area contributed by atoms with E-state index in [1.54, 1.807) is 6.07 Å². The Labute approximate surface area is 97.8 Å². The van der Waals surface area contributed by atoms with Crippen molar-refractivity contribution in [3.63, 3.8) is 0 Å². The Morgan fingerprint density at radius 2 is 2.18 bits per heavy atom. The standard InChI is InChI=1S/C11H15F2N3O/c1-7-6-9(16-15-7)14-10(17)8-2-4-11(12,13)5-3-8/h6,8H,2-5H2,1H3,(H2,14,15,16,17). The maximum Gasteiger partial charge on any atom is 0.248 e. The number of alkyl halides is 2. The number of amides is 1. The molecule has 1 saturated carbocycles. The maximum absolute atomic E-state index is 12.9. The third-order valence-corrected chi connectivity index (χ3v) is 3.05. The van der Waals surface area contributed by atoms with E-state index in [0.29, 0.717) is 5.82 Å². The van der Waals surface area contributed by atoms with E-state index in [4.69, 9.17) is 0 Å². The molecule has 0 saturated heterocycles. The molecule has 1 amide bonds. The van der Waals surface area contributed by atoms with E-state index < -0.39 is 5.92 Å². The van der Waals surface area contributed by atoms with Gasteiger partial charge in [0.15, 0.2) is 5.82 Å². The second-order valence-electron chi connectivity index (χ2n) is 4.56. The summed E-state index contributed by atoms with van der Waals surface area (Å²) in [6, 6.07) is 1.70. The van der Waals surface area contributed by atoms with Crippen LogP contribution in [0.4, 0.5) is 14.6 Å². The lowest BCUT2D eigenvalue weighted by atomic mass is 9.86. The zero-order valence-electron chi connectivity index (χ0n) is 9.59. The van der Waals surface area contributed by atoms with Crippen molar-refractivity contribution in [2.24, 2.45) is 5.92 Å². The van der Waals surface area contributed by atoms with Crippen LogP contribution in [0.25, 0.3) is 0 Å². The quantitative estimate of drug-likeness (QED) is 0.838. The van der Waals surface area contributed by atoms with E-state index in [1.807, 2.05) is 6.92 Å². The molecule has 0 aromatic carbocycles. The topological polar surface area (TPSA) is 57.8 Å². The number of hydrogen-bond donors (Lipinski definition) is 2. The predicted molar refractivity (Wildman–Crippen MR) is 58.9 cm³/mol. The molecule has 2 rings (SSSR count). The van der Waals surface area contributed by atoms with E-state index in [-0.39, 0.29) is 37.5 Å². The zero-order chi connectivity index (χ0) is 12.5. The molecule has 6 heteroatoms. The summed E-state index contributed by atoms with van der Waals surface area (Å²) < 4.78 is 25.8. The van der Waals surface area contributed by atoms with Gasteiger partial charge in [0, 0.05) is 30.5 Å². The van der Waals surface area contributed by atoms with Crippen LogP contribution in [0.2, 0.25) is 0 Å². The first-order valence-corrected chi connectivity index (χ1v) is 5.67. The van der Waals surface area contributed by atoms with Gasteiger partial charge in [-0.25, -0.2) is 8.78 Å². The smallest absolute Gasteiger partial charge is 0.248 e. The molecule has 1 aromatic heterocycles. The number of halogens is 2. The minimum absolute atomic E-state index is 0.204. The molecule has 0 atom stereocenters. The highest BCUT2D eigenvalue weighted by atomic mass is 19.3. The number of aryl methyl sites for hydroxylation is 1. The molecule has 1 aliphatic carbocycles. The van der Waals surface area contributed by atoms with Crippen LogP contribution in [0.5, 0.6) is 0 Å². The molecule has 0 bridgehead atoms. The summed E-state index contributed by atoms with van der Waals surface area (Å²) in [6.45, 7) is 1.82. The average molecular weight is 243 g/mol. The van der Waals surface area contributed by atoms with Crippen molar-refractivity contribution in [3.8, 4) is 0 Å². The van der Waals surface area contributed by atoms with Crippen LogP contribution in [0.15, 0.2) is 6.07 Å². The van der Waals surface area contributed by atoms with E-state index in [2.05, 4.69) is 15.5 Å². The molecule has 0 radical (unpaired) electrons. The maximum atomic E-state index is 12.9. The van der Waals surface area contributed by atoms with Gasteiger partial charge >= 0.3 is 0 Å². The number of aromatic nitrogens is 2. The van der Waals surface area contributed by atoms with Crippen molar-refractivity contribution in [1.29, 1.82) is 0 Å². The summed E-state index contributed by atoms with van der Waals surface area (Å²) >= 11 is 0. The summed E-state index contributed by atoms with van der Waals surface area (Å²) in [5.74, 6) is -2.69. The number of hydrogen-bond acceptors (Lipinski definition) is 2. The molecule has 1 aliphatic rings. The fraction of sp³-hybridized carbons (Fsp3) is 0.636. The van der Waals surface area contributed by atoms with Gasteiger partial charge in [-0.2, -0.15) is 5.10 Å². The monoisotopic (exact) mass is 243 g/mol. The van der Waals surface area contributed by atoms with Gasteiger partial charge in [-0.05, 0) is 19.8 Å². The van der Waals surface area contributed by atoms with Gasteiger partial charge in [0.1, 0.15) is 0 Å². The zero-order valence-corrected chi connectivity index (χ0v) is 9.59. The lowest BCUT2D eigenvalue weighted by Crippen LogP contribution is -2.31. The van der Waals surface area contributed by atoms with E-state index in [0.717, 1.165) is 5.69 Å². The van der Waals surface area contributed by atoms with Gasteiger partial charge in [-0.1, -0.05) is 0 Å². The van der Waals surface area contributed by atoms with Crippen LogP contribution in [0, 0.1) is 12.8 Å². The highest BCUT2D eigenvalue weighted by Gasteiger charge is 2.37. The molecule has 1 fully saturated rings. The van der Waals surface area contributed by atoms with Crippen LogP contribution in [0.3, 0.4) is 0 Å². The summed E-state index contributed by atoms with van der Waals surface area (Å²) in [5, 5.41) is 9.21. The second kappa shape index (κ2) is 4.43. The number of nitrogens with zero attached hydrogens (tertiary/aromatic N) is 1. The molecule has 0 spiro atoms. The first-order chi connectivity index (χ1) is 7.96. The molecule has 17 heavy (non-hydrogen) atoms. The van der Waals surface area contributed by atoms with Crippen molar-refractivity contribution in [3.05, 3.63) is 11.8 Å². The lowest BCUT2D eigenvalue weighted by molar-refractivity contribution is -0.124. The largest absolute Gasteiger partial charge is 0.309 e. The number of anilines is 1. The first-order valence-electron chi connectivity index (χ1n) is 5.67. The van der Waals surface area contributed by atoms with E-state index in [1.165, 1.54) is 0 Å². The van der Waals surface area contributed by atoms with Gasteiger partial charge in [0.05, 0.1) is 0 Å². The van der Waals surface area contributed by atoms with Crippen LogP contribution in [-0.4, -0.2) is 22.0 Å². The summed E-state index contributed by atoms with van der Waals surface area (Å²) in [5.41, 5.74) is 0.843. The number of carbonyl (C=O) groups is 1. The normalized spacial score (nSPS) is 20.2. The van der Waals surface area contributed by atoms with Gasteiger partial charge in [-0.15, -0.1) is 0 Å². The second-order valence-corrected chi connectivity index (χ2v) is 4.56. The minimum Gasteiger partial charge on any atom is -0.309 e. The molecule has 2 N–H and O–H groups in total. The Hall–Kier alpha value is -1.46. The van der Waals surface area contributed by atoms with Crippen LogP contribution in [0.1, 0.15) is 31.4 Å². The van der Waals surface area contributed by atoms with E-state index in [9.17, 15) is 13.6 Å². The third-order valence-electron chi connectivity index (χ3n) is 3.05. The Morgan fingerprint density at radius 1 is 1.53 bits per heavy atom. The lowest BCUT2D eigenvalue weighted by Gasteiger charge is -2.27. The molecule has 0 unspecified atom stereocenters. The van der Waals surface area contributed by atoms with Crippen LogP contribution >= 0.6 is 0 Å². The summed E-state index contributed by atoms with van der Waals surface area (Å²) in [4.78, 5) is 11.8. The number of nitrogens with one attached hydrogen (secondary N) is 2. The third kappa shape index (κ3) is 3.01. The predicted octanol–water partition coefficient (Wildman–Crippen LogP) is 2.48. The van der Waals surface area contributed by atoms with Crippen molar-refractivity contribution < 1.29 is 13.6 Å². The summed E-state index contributed by atoms with van der Waals surface area (Å²) in [7, 11) is 0. The molecule has 1 heterocycles. The Morgan fingerprint density at radius 3 is 2.71 bits per heavy atom. The molecule has 1 aromatic rings. The van der Waals surface area contributed by atoms with Gasteiger partial charge in [-0.3, -0.25) is 9.89 Å². The Kier molecular flexibility index (Phi) is 3.13. The number of carbonyl (C=O) groups excluding carboxylic acids is 1. The summed E-state index contributed by atoms with van der Waals surface area (Å²) in [6.07, 6.45) is 0.0693. The number of H-pyrrole nitrogens is 1. The van der Waals surface area contributed by atoms with Crippen molar-refractivity contribution in [1.82, 2.24) is 10.2 Å². The Balaban J connectivity index is 1.89. The molecular formula is C11H15F2N3O. The van der Waals surface area contributed by atoms with Crippen molar-refractivity contribution in [2.45, 2.75) is 38.5 Å². The number of aromatic amines is 1. The average Bonchev–Trinajstić information content (AvgIpc) is 2.63. The SMILES string of the molecule is Cc1cc(NC(=O)C2CCC(F)(F)CC2)n[nH]1. The fourth-order valence-corrected chi connectivity index (χ4v) is 2.01.